The second kappa shape index (κ2) is 8.56. The van der Waals surface area contributed by atoms with Gasteiger partial charge in [0.05, 0.1) is 5.56 Å². The highest BCUT2D eigenvalue weighted by atomic mass is 16.2. The fourth-order valence-corrected chi connectivity index (χ4v) is 3.85. The van der Waals surface area contributed by atoms with E-state index in [0.29, 0.717) is 6.42 Å². The first-order chi connectivity index (χ1) is 12.6. The molecular weight excluding hydrogens is 326 g/mol. The summed E-state index contributed by atoms with van der Waals surface area (Å²) in [5.74, 6) is 0.853. The minimum Gasteiger partial charge on any atom is -0.371 e. The molecule has 0 radical (unpaired) electrons. The maximum Gasteiger partial charge on any atom is 0.256 e. The Labute approximate surface area is 156 Å². The lowest BCUT2D eigenvalue weighted by atomic mass is 9.97. The van der Waals surface area contributed by atoms with E-state index in [0.717, 1.165) is 81.1 Å². The van der Waals surface area contributed by atoms with Crippen LogP contribution < -0.4 is 10.2 Å². The predicted molar refractivity (Wildman–Crippen MR) is 106 cm³/mol. The molecule has 2 saturated heterocycles. The summed E-state index contributed by atoms with van der Waals surface area (Å²) in [7, 11) is 0. The number of likely N-dealkylation sites (tertiary alicyclic amines) is 1. The monoisotopic (exact) mass is 357 g/mol. The fraction of sp³-hybridized carbons (Fsp3) is 0.619. The Morgan fingerprint density at radius 1 is 1.12 bits per heavy atom. The first kappa shape index (κ1) is 18.7. The molecule has 2 heterocycles. The number of hydrogen-bond donors (Lipinski definition) is 1. The topological polar surface area (TPSA) is 52.7 Å². The smallest absolute Gasteiger partial charge is 0.256 e. The molecule has 1 N–H and O–H groups in total. The summed E-state index contributed by atoms with van der Waals surface area (Å²) >= 11 is 0. The van der Waals surface area contributed by atoms with Crippen LogP contribution in [0.25, 0.3) is 0 Å². The van der Waals surface area contributed by atoms with Crippen LogP contribution in [0.15, 0.2) is 18.2 Å². The maximum atomic E-state index is 13.1. The number of nitrogens with zero attached hydrogens (tertiary/aromatic N) is 2. The lowest BCUT2D eigenvalue weighted by Gasteiger charge is -2.34. The summed E-state index contributed by atoms with van der Waals surface area (Å²) in [6, 6.07) is 5.82. The van der Waals surface area contributed by atoms with Gasteiger partial charge in [0, 0.05) is 44.0 Å². The molecule has 26 heavy (non-hydrogen) atoms. The third kappa shape index (κ3) is 4.37. The molecule has 142 valence electrons. The first-order valence-corrected chi connectivity index (χ1v) is 10.1. The number of hydrogen-bond acceptors (Lipinski definition) is 3. The van der Waals surface area contributed by atoms with Crippen molar-refractivity contribution < 1.29 is 9.59 Å². The molecule has 0 bridgehead atoms. The molecule has 5 nitrogen and oxygen atoms in total. The highest BCUT2D eigenvalue weighted by Gasteiger charge is 2.26. The molecule has 1 aromatic carbocycles. The molecule has 0 spiro atoms. The minimum absolute atomic E-state index is 0.00613. The van der Waals surface area contributed by atoms with Crippen molar-refractivity contribution in [1.82, 2.24) is 4.90 Å². The van der Waals surface area contributed by atoms with Crippen molar-refractivity contribution in [2.24, 2.45) is 5.92 Å². The van der Waals surface area contributed by atoms with Crippen LogP contribution in [-0.4, -0.2) is 42.9 Å². The molecule has 0 saturated carbocycles. The number of piperidine rings is 1. The van der Waals surface area contributed by atoms with Gasteiger partial charge in [0.2, 0.25) is 5.91 Å². The second-order valence-corrected chi connectivity index (χ2v) is 7.70. The first-order valence-electron chi connectivity index (χ1n) is 10.1. The van der Waals surface area contributed by atoms with Crippen LogP contribution in [0.3, 0.4) is 0 Å². The van der Waals surface area contributed by atoms with E-state index in [1.165, 1.54) is 0 Å². The van der Waals surface area contributed by atoms with Gasteiger partial charge in [0.25, 0.3) is 5.91 Å². The van der Waals surface area contributed by atoms with E-state index in [2.05, 4.69) is 17.1 Å². The van der Waals surface area contributed by atoms with Crippen LogP contribution in [0.4, 0.5) is 11.4 Å². The number of anilines is 2. The van der Waals surface area contributed by atoms with E-state index < -0.39 is 0 Å². The van der Waals surface area contributed by atoms with Gasteiger partial charge in [-0.25, -0.2) is 0 Å². The zero-order chi connectivity index (χ0) is 18.5. The van der Waals surface area contributed by atoms with Crippen molar-refractivity contribution in [3.8, 4) is 0 Å². The Hall–Kier alpha value is -2.04. The van der Waals surface area contributed by atoms with Gasteiger partial charge in [0.15, 0.2) is 0 Å². The summed E-state index contributed by atoms with van der Waals surface area (Å²) < 4.78 is 0. The second-order valence-electron chi connectivity index (χ2n) is 7.70. The van der Waals surface area contributed by atoms with E-state index in [9.17, 15) is 9.59 Å². The van der Waals surface area contributed by atoms with E-state index in [1.54, 1.807) is 0 Å². The predicted octanol–water partition coefficient (Wildman–Crippen LogP) is 3.90. The third-order valence-corrected chi connectivity index (χ3v) is 5.51. The Morgan fingerprint density at radius 3 is 2.46 bits per heavy atom. The minimum atomic E-state index is 0.00613. The standard InChI is InChI=1S/C21H31N3O2/c1-3-6-20(25)22-17-7-8-19(23-13-9-16(2)10-14-23)18(15-17)21(26)24-11-4-5-12-24/h7-8,15-16H,3-6,9-14H2,1-2H3,(H,22,25). The van der Waals surface area contributed by atoms with E-state index in [4.69, 9.17) is 0 Å². The lowest BCUT2D eigenvalue weighted by Crippen LogP contribution is -2.35. The SMILES string of the molecule is CCCC(=O)Nc1ccc(N2CCC(C)CC2)c(C(=O)N2CCCC2)c1. The average molecular weight is 357 g/mol. The van der Waals surface area contributed by atoms with Gasteiger partial charge in [-0.1, -0.05) is 13.8 Å². The molecule has 0 atom stereocenters. The Morgan fingerprint density at radius 2 is 1.81 bits per heavy atom. The van der Waals surface area contributed by atoms with Crippen LogP contribution in [-0.2, 0) is 4.79 Å². The van der Waals surface area contributed by atoms with Crippen LogP contribution in [0.5, 0.6) is 0 Å². The van der Waals surface area contributed by atoms with Crippen molar-refractivity contribution in [2.45, 2.75) is 52.4 Å². The summed E-state index contributed by atoms with van der Waals surface area (Å²) in [4.78, 5) is 29.4. The van der Waals surface area contributed by atoms with E-state index in [-0.39, 0.29) is 11.8 Å². The lowest BCUT2D eigenvalue weighted by molar-refractivity contribution is -0.116. The molecular formula is C21H31N3O2. The molecule has 0 aromatic heterocycles. The highest BCUT2D eigenvalue weighted by Crippen LogP contribution is 2.30. The number of rotatable bonds is 5. The summed E-state index contributed by atoms with van der Waals surface area (Å²) in [6.45, 7) is 7.93. The van der Waals surface area contributed by atoms with Crippen molar-refractivity contribution in [2.75, 3.05) is 36.4 Å². The van der Waals surface area contributed by atoms with Gasteiger partial charge < -0.3 is 15.1 Å². The van der Waals surface area contributed by atoms with Crippen molar-refractivity contribution in [3.63, 3.8) is 0 Å². The average Bonchev–Trinajstić information content (AvgIpc) is 3.17. The summed E-state index contributed by atoms with van der Waals surface area (Å²) in [6.07, 6.45) is 5.79. The van der Waals surface area contributed by atoms with E-state index >= 15 is 0 Å². The van der Waals surface area contributed by atoms with Gasteiger partial charge in [0.1, 0.15) is 0 Å². The number of carbonyl (C=O) groups is 2. The molecule has 2 aliphatic rings. The van der Waals surface area contributed by atoms with Gasteiger partial charge in [-0.05, 0) is 56.2 Å². The van der Waals surface area contributed by atoms with Gasteiger partial charge in [-0.15, -0.1) is 0 Å². The number of amides is 2. The molecule has 0 unspecified atom stereocenters. The fourth-order valence-electron chi connectivity index (χ4n) is 3.85. The van der Waals surface area contributed by atoms with Crippen molar-refractivity contribution in [3.05, 3.63) is 23.8 Å². The quantitative estimate of drug-likeness (QED) is 0.869. The largest absolute Gasteiger partial charge is 0.371 e. The van der Waals surface area contributed by atoms with Crippen molar-refractivity contribution in [1.29, 1.82) is 0 Å². The normalized spacial score (nSPS) is 18.2. The van der Waals surface area contributed by atoms with Gasteiger partial charge in [-0.3, -0.25) is 9.59 Å². The Kier molecular flexibility index (Phi) is 6.17. The zero-order valence-corrected chi connectivity index (χ0v) is 16.1. The van der Waals surface area contributed by atoms with Gasteiger partial charge in [-0.2, -0.15) is 0 Å². The summed E-state index contributed by atoms with van der Waals surface area (Å²) in [5, 5.41) is 2.94. The molecule has 2 amide bonds. The molecule has 2 aliphatic heterocycles. The highest BCUT2D eigenvalue weighted by molar-refractivity contribution is 6.02. The molecule has 3 rings (SSSR count). The Bertz CT molecular complexity index is 645. The van der Waals surface area contributed by atoms with Crippen LogP contribution in [0, 0.1) is 5.92 Å². The number of nitrogens with one attached hydrogen (secondary N) is 1. The summed E-state index contributed by atoms with van der Waals surface area (Å²) in [5.41, 5.74) is 2.47. The molecule has 0 aliphatic carbocycles. The zero-order valence-electron chi connectivity index (χ0n) is 16.1. The number of carbonyl (C=O) groups excluding carboxylic acids is 2. The van der Waals surface area contributed by atoms with Crippen LogP contribution in [0.2, 0.25) is 0 Å². The van der Waals surface area contributed by atoms with Gasteiger partial charge >= 0.3 is 0 Å². The molecule has 2 fully saturated rings. The van der Waals surface area contributed by atoms with Crippen LogP contribution in [0.1, 0.15) is 62.7 Å². The Balaban J connectivity index is 1.86. The number of benzene rings is 1. The van der Waals surface area contributed by atoms with Crippen LogP contribution >= 0.6 is 0 Å². The van der Waals surface area contributed by atoms with Crippen molar-refractivity contribution >= 4 is 23.2 Å². The molecule has 1 aromatic rings. The molecule has 5 heteroatoms. The van der Waals surface area contributed by atoms with E-state index in [1.807, 2.05) is 30.0 Å². The third-order valence-electron chi connectivity index (χ3n) is 5.51. The maximum absolute atomic E-state index is 13.1.